The number of rotatable bonds is 7. The van der Waals surface area contributed by atoms with E-state index in [1.807, 2.05) is 37.3 Å². The van der Waals surface area contributed by atoms with Crippen LogP contribution in [0.25, 0.3) is 0 Å². The first-order chi connectivity index (χ1) is 10.2. The van der Waals surface area contributed by atoms with Gasteiger partial charge in [0.15, 0.2) is 6.10 Å². The molecular formula is C15H19N3O2S. The van der Waals surface area contributed by atoms with Crippen molar-refractivity contribution in [2.24, 2.45) is 0 Å². The Morgan fingerprint density at radius 2 is 2.05 bits per heavy atom. The molecule has 1 atom stereocenters. The number of hydrogen-bond donors (Lipinski definition) is 1. The normalized spacial score (nSPS) is 11.9. The second-order valence-corrected chi connectivity index (χ2v) is 5.63. The Hall–Kier alpha value is -1.95. The van der Waals surface area contributed by atoms with Crippen LogP contribution in [0, 0.1) is 0 Å². The van der Waals surface area contributed by atoms with Crippen molar-refractivity contribution < 1.29 is 9.53 Å². The molecule has 0 aliphatic rings. The van der Waals surface area contributed by atoms with Gasteiger partial charge in [-0.15, -0.1) is 10.2 Å². The van der Waals surface area contributed by atoms with Gasteiger partial charge in [0.1, 0.15) is 10.8 Å². The largest absolute Gasteiger partial charge is 0.481 e. The van der Waals surface area contributed by atoms with Crippen molar-refractivity contribution in [2.75, 3.05) is 5.32 Å². The summed E-state index contributed by atoms with van der Waals surface area (Å²) in [5.74, 6) is 0.490. The first-order valence-corrected chi connectivity index (χ1v) is 7.89. The molecule has 0 bridgehead atoms. The van der Waals surface area contributed by atoms with Crippen LogP contribution in [0.15, 0.2) is 30.3 Å². The number of carbonyl (C=O) groups is 1. The molecule has 1 unspecified atom stereocenters. The Morgan fingerprint density at radius 1 is 1.29 bits per heavy atom. The maximum absolute atomic E-state index is 12.2. The van der Waals surface area contributed by atoms with E-state index >= 15 is 0 Å². The fourth-order valence-electron chi connectivity index (χ4n) is 1.79. The fraction of sp³-hybridized carbons (Fsp3) is 0.400. The van der Waals surface area contributed by atoms with E-state index in [4.69, 9.17) is 4.74 Å². The van der Waals surface area contributed by atoms with Crippen LogP contribution in [0.1, 0.15) is 31.7 Å². The molecule has 1 aromatic carbocycles. The average Bonchev–Trinajstić information content (AvgIpc) is 2.93. The van der Waals surface area contributed by atoms with Crippen LogP contribution in [0.4, 0.5) is 5.13 Å². The topological polar surface area (TPSA) is 64.1 Å². The Morgan fingerprint density at radius 3 is 2.71 bits per heavy atom. The van der Waals surface area contributed by atoms with Crippen LogP contribution < -0.4 is 10.1 Å². The molecule has 1 N–H and O–H groups in total. The third-order valence-electron chi connectivity index (χ3n) is 2.85. The van der Waals surface area contributed by atoms with E-state index in [1.54, 1.807) is 0 Å². The minimum absolute atomic E-state index is 0.194. The zero-order valence-electron chi connectivity index (χ0n) is 12.2. The van der Waals surface area contributed by atoms with Crippen LogP contribution in [-0.2, 0) is 11.2 Å². The van der Waals surface area contributed by atoms with Crippen molar-refractivity contribution in [2.45, 2.75) is 39.2 Å². The minimum atomic E-state index is -0.536. The molecule has 0 aliphatic heterocycles. The number of amides is 1. The number of aryl methyl sites for hydroxylation is 1. The SMILES string of the molecule is CCCc1nnc(NC(=O)C(CC)Oc2ccccc2)s1. The summed E-state index contributed by atoms with van der Waals surface area (Å²) in [4.78, 5) is 12.2. The van der Waals surface area contributed by atoms with E-state index in [-0.39, 0.29) is 5.91 Å². The van der Waals surface area contributed by atoms with Gasteiger partial charge in [0, 0.05) is 6.42 Å². The molecular weight excluding hydrogens is 286 g/mol. The van der Waals surface area contributed by atoms with E-state index < -0.39 is 6.10 Å². The Labute approximate surface area is 128 Å². The number of benzene rings is 1. The smallest absolute Gasteiger partial charge is 0.267 e. The summed E-state index contributed by atoms with van der Waals surface area (Å²) in [6.07, 6.45) is 1.94. The predicted molar refractivity (Wildman–Crippen MR) is 83.7 cm³/mol. The van der Waals surface area contributed by atoms with E-state index in [9.17, 15) is 4.79 Å². The van der Waals surface area contributed by atoms with E-state index in [1.165, 1.54) is 11.3 Å². The number of ether oxygens (including phenoxy) is 1. The van der Waals surface area contributed by atoms with Crippen molar-refractivity contribution in [3.05, 3.63) is 35.3 Å². The highest BCUT2D eigenvalue weighted by Gasteiger charge is 2.20. The van der Waals surface area contributed by atoms with Crippen molar-refractivity contribution in [1.29, 1.82) is 0 Å². The van der Waals surface area contributed by atoms with Gasteiger partial charge in [-0.25, -0.2) is 0 Å². The molecule has 1 heterocycles. The third-order valence-corrected chi connectivity index (χ3v) is 3.74. The van der Waals surface area contributed by atoms with Gasteiger partial charge in [-0.2, -0.15) is 0 Å². The molecule has 112 valence electrons. The highest BCUT2D eigenvalue weighted by atomic mass is 32.1. The summed E-state index contributed by atoms with van der Waals surface area (Å²) in [5, 5.41) is 12.3. The summed E-state index contributed by atoms with van der Waals surface area (Å²) < 4.78 is 5.70. The summed E-state index contributed by atoms with van der Waals surface area (Å²) in [6, 6.07) is 9.33. The van der Waals surface area contributed by atoms with Crippen molar-refractivity contribution in [3.63, 3.8) is 0 Å². The van der Waals surface area contributed by atoms with Crippen LogP contribution in [-0.4, -0.2) is 22.2 Å². The van der Waals surface area contributed by atoms with Gasteiger partial charge in [-0.05, 0) is 25.0 Å². The van der Waals surface area contributed by atoms with Crippen LogP contribution in [0.2, 0.25) is 0 Å². The zero-order chi connectivity index (χ0) is 15.1. The quantitative estimate of drug-likeness (QED) is 0.852. The van der Waals surface area contributed by atoms with Crippen molar-refractivity contribution in [3.8, 4) is 5.75 Å². The molecule has 2 aromatic rings. The van der Waals surface area contributed by atoms with Crippen LogP contribution >= 0.6 is 11.3 Å². The summed E-state index contributed by atoms with van der Waals surface area (Å²) in [6.45, 7) is 4.00. The highest BCUT2D eigenvalue weighted by Crippen LogP contribution is 2.18. The second-order valence-electron chi connectivity index (χ2n) is 4.57. The molecule has 0 saturated carbocycles. The monoisotopic (exact) mass is 305 g/mol. The number of anilines is 1. The maximum Gasteiger partial charge on any atom is 0.267 e. The fourth-order valence-corrected chi connectivity index (χ4v) is 2.63. The van der Waals surface area contributed by atoms with Crippen LogP contribution in [0.3, 0.4) is 0 Å². The molecule has 0 spiro atoms. The molecule has 21 heavy (non-hydrogen) atoms. The standard InChI is InChI=1S/C15H19N3O2S/c1-3-8-13-17-18-15(21-13)16-14(19)12(4-2)20-11-9-6-5-7-10-11/h5-7,9-10,12H,3-4,8H2,1-2H3,(H,16,18,19). The molecule has 1 amide bonds. The van der Waals surface area contributed by atoms with E-state index in [0.717, 1.165) is 17.8 Å². The maximum atomic E-state index is 12.2. The lowest BCUT2D eigenvalue weighted by Gasteiger charge is -2.16. The van der Waals surface area contributed by atoms with Gasteiger partial charge in [-0.1, -0.05) is 43.4 Å². The minimum Gasteiger partial charge on any atom is -0.481 e. The Bertz CT molecular complexity index is 571. The number of para-hydroxylation sites is 1. The zero-order valence-corrected chi connectivity index (χ0v) is 13.0. The number of carbonyl (C=O) groups excluding carboxylic acids is 1. The summed E-state index contributed by atoms with van der Waals surface area (Å²) in [7, 11) is 0. The van der Waals surface area contributed by atoms with Gasteiger partial charge in [0.2, 0.25) is 5.13 Å². The number of nitrogens with zero attached hydrogens (tertiary/aromatic N) is 2. The first-order valence-electron chi connectivity index (χ1n) is 7.07. The molecule has 0 radical (unpaired) electrons. The Balaban J connectivity index is 1.96. The van der Waals surface area contributed by atoms with Gasteiger partial charge >= 0.3 is 0 Å². The predicted octanol–water partition coefficient (Wildman–Crippen LogP) is 3.29. The van der Waals surface area contributed by atoms with E-state index in [0.29, 0.717) is 17.3 Å². The summed E-state index contributed by atoms with van der Waals surface area (Å²) in [5.41, 5.74) is 0. The molecule has 0 saturated heterocycles. The van der Waals surface area contributed by atoms with Gasteiger partial charge in [0.25, 0.3) is 5.91 Å². The van der Waals surface area contributed by atoms with Crippen LogP contribution in [0.5, 0.6) is 5.75 Å². The van der Waals surface area contributed by atoms with Gasteiger partial charge < -0.3 is 4.74 Å². The molecule has 2 rings (SSSR count). The molecule has 5 nitrogen and oxygen atoms in total. The number of hydrogen-bond acceptors (Lipinski definition) is 5. The number of nitrogens with one attached hydrogen (secondary N) is 1. The van der Waals surface area contributed by atoms with Gasteiger partial charge in [0.05, 0.1) is 0 Å². The lowest BCUT2D eigenvalue weighted by atomic mass is 10.2. The highest BCUT2D eigenvalue weighted by molar-refractivity contribution is 7.15. The average molecular weight is 305 g/mol. The molecule has 1 aromatic heterocycles. The summed E-state index contributed by atoms with van der Waals surface area (Å²) >= 11 is 1.41. The first kappa shape index (κ1) is 15.4. The lowest BCUT2D eigenvalue weighted by molar-refractivity contribution is -0.122. The van der Waals surface area contributed by atoms with E-state index in [2.05, 4.69) is 22.4 Å². The second kappa shape index (κ2) is 7.73. The van der Waals surface area contributed by atoms with Crippen molar-refractivity contribution >= 4 is 22.4 Å². The Kier molecular flexibility index (Phi) is 5.68. The van der Waals surface area contributed by atoms with Crippen molar-refractivity contribution in [1.82, 2.24) is 10.2 Å². The molecule has 0 aliphatic carbocycles. The molecule has 6 heteroatoms. The number of aromatic nitrogens is 2. The third kappa shape index (κ3) is 4.53. The van der Waals surface area contributed by atoms with Gasteiger partial charge in [-0.3, -0.25) is 10.1 Å². The lowest BCUT2D eigenvalue weighted by Crippen LogP contribution is -2.32. The molecule has 0 fully saturated rings.